The largest absolute Gasteiger partial charge is 0.373 e. The van der Waals surface area contributed by atoms with Gasteiger partial charge in [-0.25, -0.2) is 14.9 Å². The number of hydrogen-bond donors (Lipinski definition) is 3. The third-order valence-electron chi connectivity index (χ3n) is 3.87. The highest BCUT2D eigenvalue weighted by Gasteiger charge is 2.30. The lowest BCUT2D eigenvalue weighted by atomic mass is 10.0. The Hall–Kier alpha value is -2.64. The summed E-state index contributed by atoms with van der Waals surface area (Å²) >= 11 is 0. The quantitative estimate of drug-likeness (QED) is 0.781. The summed E-state index contributed by atoms with van der Waals surface area (Å²) in [7, 11) is 1.78. The number of likely N-dealkylation sites (tertiary alicyclic amines) is 1. The molecule has 0 bridgehead atoms. The molecule has 0 aromatic carbocycles. The zero-order valence-electron chi connectivity index (χ0n) is 12.3. The van der Waals surface area contributed by atoms with Crippen molar-refractivity contribution < 1.29 is 4.79 Å². The average Bonchev–Trinajstić information content (AvgIpc) is 3.00. The lowest BCUT2D eigenvalue weighted by Gasteiger charge is -2.34. The van der Waals surface area contributed by atoms with E-state index >= 15 is 0 Å². The van der Waals surface area contributed by atoms with E-state index in [1.165, 1.54) is 0 Å². The summed E-state index contributed by atoms with van der Waals surface area (Å²) in [5, 5.41) is 9.26. The number of rotatable bonds is 3. The molecule has 0 spiro atoms. The van der Waals surface area contributed by atoms with Crippen molar-refractivity contribution in [1.82, 2.24) is 25.1 Å². The van der Waals surface area contributed by atoms with Crippen LogP contribution < -0.4 is 11.0 Å². The van der Waals surface area contributed by atoms with Gasteiger partial charge in [-0.05, 0) is 31.4 Å². The second kappa shape index (κ2) is 6.00. The van der Waals surface area contributed by atoms with Crippen molar-refractivity contribution in [3.8, 4) is 0 Å². The van der Waals surface area contributed by atoms with Crippen LogP contribution in [0, 0.1) is 0 Å². The number of aromatic nitrogens is 4. The minimum Gasteiger partial charge on any atom is -0.373 e. The van der Waals surface area contributed by atoms with Gasteiger partial charge >= 0.3 is 5.69 Å². The molecule has 1 aliphatic rings. The van der Waals surface area contributed by atoms with Gasteiger partial charge in [-0.3, -0.25) is 9.78 Å². The molecule has 3 heterocycles. The summed E-state index contributed by atoms with van der Waals surface area (Å²) in [6.45, 7) is 0.645. The Balaban J connectivity index is 1.86. The van der Waals surface area contributed by atoms with Crippen LogP contribution in [0.3, 0.4) is 0 Å². The molecule has 1 amide bonds. The van der Waals surface area contributed by atoms with Gasteiger partial charge in [-0.15, -0.1) is 0 Å². The first-order valence-corrected chi connectivity index (χ1v) is 7.28. The SMILES string of the molecule is CNc1ccc(C(=O)N2CCCCC2c2n[nH]c(=O)[nH]2)cn1. The van der Waals surface area contributed by atoms with Crippen LogP contribution in [0.25, 0.3) is 0 Å². The molecule has 2 aromatic heterocycles. The number of anilines is 1. The predicted octanol–water partition coefficient (Wildman–Crippen LogP) is 0.902. The van der Waals surface area contributed by atoms with Crippen molar-refractivity contribution >= 4 is 11.7 Å². The van der Waals surface area contributed by atoms with Gasteiger partial charge in [-0.2, -0.15) is 5.10 Å². The summed E-state index contributed by atoms with van der Waals surface area (Å²) in [6, 6.07) is 3.31. The zero-order valence-corrected chi connectivity index (χ0v) is 12.3. The van der Waals surface area contributed by atoms with Crippen LogP contribution in [-0.2, 0) is 0 Å². The summed E-state index contributed by atoms with van der Waals surface area (Å²) < 4.78 is 0. The predicted molar refractivity (Wildman–Crippen MR) is 80.6 cm³/mol. The Labute approximate surface area is 127 Å². The third-order valence-corrected chi connectivity index (χ3v) is 3.87. The smallest absolute Gasteiger partial charge is 0.340 e. The molecule has 3 N–H and O–H groups in total. The Kier molecular flexibility index (Phi) is 3.90. The second-order valence-corrected chi connectivity index (χ2v) is 5.26. The summed E-state index contributed by atoms with van der Waals surface area (Å²) in [4.78, 5) is 32.6. The number of nitrogens with zero attached hydrogens (tertiary/aromatic N) is 3. The molecule has 0 radical (unpaired) electrons. The fourth-order valence-corrected chi connectivity index (χ4v) is 2.73. The molecule has 1 atom stereocenters. The molecule has 22 heavy (non-hydrogen) atoms. The van der Waals surface area contributed by atoms with Crippen molar-refractivity contribution in [2.75, 3.05) is 18.9 Å². The monoisotopic (exact) mass is 302 g/mol. The second-order valence-electron chi connectivity index (χ2n) is 5.26. The van der Waals surface area contributed by atoms with Crippen LogP contribution in [0.4, 0.5) is 5.82 Å². The first kappa shape index (κ1) is 14.3. The summed E-state index contributed by atoms with van der Waals surface area (Å²) in [6.07, 6.45) is 4.29. The number of carbonyl (C=O) groups is 1. The molecular weight excluding hydrogens is 284 g/mol. The number of amides is 1. The van der Waals surface area contributed by atoms with Crippen molar-refractivity contribution in [3.63, 3.8) is 0 Å². The molecule has 0 saturated carbocycles. The molecule has 1 aliphatic heterocycles. The first-order chi connectivity index (χ1) is 10.7. The van der Waals surface area contributed by atoms with Gasteiger partial charge in [0.1, 0.15) is 5.82 Å². The average molecular weight is 302 g/mol. The van der Waals surface area contributed by atoms with E-state index in [2.05, 4.69) is 25.5 Å². The number of hydrogen-bond acceptors (Lipinski definition) is 5. The van der Waals surface area contributed by atoms with Crippen LogP contribution in [0.5, 0.6) is 0 Å². The van der Waals surface area contributed by atoms with Crippen LogP contribution >= 0.6 is 0 Å². The van der Waals surface area contributed by atoms with Gasteiger partial charge in [0.25, 0.3) is 5.91 Å². The van der Waals surface area contributed by atoms with Gasteiger partial charge in [0.2, 0.25) is 0 Å². The van der Waals surface area contributed by atoms with Crippen LogP contribution in [0.1, 0.15) is 41.5 Å². The normalized spacial score (nSPS) is 18.2. The molecule has 2 aromatic rings. The Morgan fingerprint density at radius 3 is 2.91 bits per heavy atom. The molecule has 8 heteroatoms. The molecule has 116 valence electrons. The molecule has 1 fully saturated rings. The van der Waals surface area contributed by atoms with Crippen molar-refractivity contribution in [2.45, 2.75) is 25.3 Å². The maximum Gasteiger partial charge on any atom is 0.340 e. The zero-order chi connectivity index (χ0) is 15.5. The minimum absolute atomic E-state index is 0.0938. The highest BCUT2D eigenvalue weighted by Crippen LogP contribution is 2.29. The van der Waals surface area contributed by atoms with Crippen molar-refractivity contribution in [3.05, 3.63) is 40.2 Å². The highest BCUT2D eigenvalue weighted by atomic mass is 16.2. The maximum absolute atomic E-state index is 12.7. The molecule has 1 unspecified atom stereocenters. The first-order valence-electron chi connectivity index (χ1n) is 7.28. The number of nitrogens with one attached hydrogen (secondary N) is 3. The van der Waals surface area contributed by atoms with Gasteiger partial charge < -0.3 is 10.2 Å². The van der Waals surface area contributed by atoms with E-state index in [1.807, 2.05) is 0 Å². The number of aromatic amines is 2. The molecule has 0 aliphatic carbocycles. The molecular formula is C14H18N6O2. The number of pyridine rings is 1. The Morgan fingerprint density at radius 2 is 2.27 bits per heavy atom. The maximum atomic E-state index is 12.7. The van der Waals surface area contributed by atoms with E-state index in [9.17, 15) is 9.59 Å². The lowest BCUT2D eigenvalue weighted by molar-refractivity contribution is 0.0600. The van der Waals surface area contributed by atoms with E-state index in [1.54, 1.807) is 30.3 Å². The fraction of sp³-hybridized carbons (Fsp3) is 0.429. The Morgan fingerprint density at radius 1 is 1.41 bits per heavy atom. The van der Waals surface area contributed by atoms with E-state index in [4.69, 9.17) is 0 Å². The topological polar surface area (TPSA) is 107 Å². The highest BCUT2D eigenvalue weighted by molar-refractivity contribution is 5.94. The lowest BCUT2D eigenvalue weighted by Crippen LogP contribution is -2.39. The van der Waals surface area contributed by atoms with E-state index in [0.717, 1.165) is 19.3 Å². The fourth-order valence-electron chi connectivity index (χ4n) is 2.73. The number of H-pyrrole nitrogens is 2. The molecule has 8 nitrogen and oxygen atoms in total. The third kappa shape index (κ3) is 2.72. The van der Waals surface area contributed by atoms with E-state index < -0.39 is 0 Å². The van der Waals surface area contributed by atoms with E-state index in [-0.39, 0.29) is 17.6 Å². The number of piperidine rings is 1. The Bertz CT molecular complexity index is 705. The molecule has 1 saturated heterocycles. The minimum atomic E-state index is -0.354. The van der Waals surface area contributed by atoms with Crippen molar-refractivity contribution in [1.29, 1.82) is 0 Å². The molecule has 3 rings (SSSR count). The number of carbonyl (C=O) groups excluding carboxylic acids is 1. The van der Waals surface area contributed by atoms with Gasteiger partial charge in [-0.1, -0.05) is 0 Å². The van der Waals surface area contributed by atoms with Gasteiger partial charge in [0, 0.05) is 19.8 Å². The summed E-state index contributed by atoms with van der Waals surface area (Å²) in [5.74, 6) is 1.13. The van der Waals surface area contributed by atoms with Crippen LogP contribution in [0.2, 0.25) is 0 Å². The van der Waals surface area contributed by atoms with E-state index in [0.29, 0.717) is 23.8 Å². The van der Waals surface area contributed by atoms with Crippen LogP contribution in [0.15, 0.2) is 23.1 Å². The standard InChI is InChI=1S/C14H18N6O2/c1-15-11-6-5-9(8-16-11)13(21)20-7-3-2-4-10(20)12-17-14(22)19-18-12/h5-6,8,10H,2-4,7H2,1H3,(H,15,16)(H2,17,18,19,22). The summed E-state index contributed by atoms with van der Waals surface area (Å²) in [5.41, 5.74) is 0.178. The van der Waals surface area contributed by atoms with Crippen molar-refractivity contribution in [2.24, 2.45) is 0 Å². The van der Waals surface area contributed by atoms with Gasteiger partial charge in [0.05, 0.1) is 11.6 Å². The van der Waals surface area contributed by atoms with Gasteiger partial charge in [0.15, 0.2) is 5.82 Å². The van der Waals surface area contributed by atoms with Crippen LogP contribution in [-0.4, -0.2) is 44.6 Å².